The van der Waals surface area contributed by atoms with E-state index in [1.807, 2.05) is 11.8 Å². The second-order valence-electron chi connectivity index (χ2n) is 9.60. The highest BCUT2D eigenvalue weighted by molar-refractivity contribution is 7.91. The fourth-order valence-electron chi connectivity index (χ4n) is 4.66. The van der Waals surface area contributed by atoms with Crippen LogP contribution in [0.2, 0.25) is 0 Å². The summed E-state index contributed by atoms with van der Waals surface area (Å²) in [7, 11) is -3.99. The highest BCUT2D eigenvalue weighted by Gasteiger charge is 2.51. The fraction of sp³-hybridized carbons (Fsp3) is 0.565. The predicted octanol–water partition coefficient (Wildman–Crippen LogP) is 3.03. The quantitative estimate of drug-likeness (QED) is 0.394. The minimum Gasteiger partial charge on any atom is -0.379 e. The molecule has 10 nitrogen and oxygen atoms in total. The van der Waals surface area contributed by atoms with Gasteiger partial charge in [0.2, 0.25) is 0 Å². The summed E-state index contributed by atoms with van der Waals surface area (Å²) in [5.74, 6) is 0. The second-order valence-corrected chi connectivity index (χ2v) is 12.8. The molecule has 2 fully saturated rings. The van der Waals surface area contributed by atoms with Gasteiger partial charge in [-0.1, -0.05) is 12.1 Å². The van der Waals surface area contributed by atoms with Crippen molar-refractivity contribution in [2.45, 2.75) is 41.9 Å². The van der Waals surface area contributed by atoms with Crippen LogP contribution < -0.4 is 4.90 Å². The van der Waals surface area contributed by atoms with Gasteiger partial charge in [-0.05, 0) is 48.9 Å². The molecule has 0 saturated carbocycles. The van der Waals surface area contributed by atoms with Crippen LogP contribution >= 0.6 is 11.3 Å². The molecule has 210 valence electrons. The van der Waals surface area contributed by atoms with Crippen LogP contribution in [0.5, 0.6) is 0 Å². The lowest BCUT2D eigenvalue weighted by Gasteiger charge is -2.45. The van der Waals surface area contributed by atoms with Crippen molar-refractivity contribution in [3.63, 3.8) is 0 Å². The number of alkyl halides is 3. The monoisotopic (exact) mass is 578 g/mol. The van der Waals surface area contributed by atoms with Gasteiger partial charge in [0, 0.05) is 50.5 Å². The Kier molecular flexibility index (Phi) is 8.08. The Morgan fingerprint density at radius 2 is 1.84 bits per heavy atom. The Morgan fingerprint density at radius 3 is 2.42 bits per heavy atom. The Balaban J connectivity index is 1.61. The summed E-state index contributed by atoms with van der Waals surface area (Å²) in [4.78, 5) is 14.6. The highest BCUT2D eigenvalue weighted by Crippen LogP contribution is 2.39. The normalized spacial score (nSPS) is 23.8. The summed E-state index contributed by atoms with van der Waals surface area (Å²) >= 11 is 0.597. The molecule has 0 spiro atoms. The molecule has 4 rings (SSSR count). The van der Waals surface area contributed by atoms with E-state index in [9.17, 15) is 36.8 Å². The molecule has 1 unspecified atom stereocenters. The first-order chi connectivity index (χ1) is 17.7. The first-order valence-electron chi connectivity index (χ1n) is 11.9. The summed E-state index contributed by atoms with van der Waals surface area (Å²) in [6, 6.07) is 7.57. The lowest BCUT2D eigenvalue weighted by molar-refractivity contribution is -0.380. The number of rotatable bonds is 7. The minimum atomic E-state index is -4.85. The van der Waals surface area contributed by atoms with Crippen LogP contribution in [0.25, 0.3) is 0 Å². The van der Waals surface area contributed by atoms with Gasteiger partial charge < -0.3 is 14.7 Å². The third kappa shape index (κ3) is 5.67. The SMILES string of the molecule is C[C@H]1COCCN1C[C@H]1CN(S(=O)(=O)c2ccc([N+](=O)[O-])s2)CCN1c1ccc(C(C)(O)C(F)(F)F)cc1. The number of morpholine rings is 1. The average molecular weight is 579 g/mol. The molecule has 3 atom stereocenters. The van der Waals surface area contributed by atoms with Crippen molar-refractivity contribution in [3.8, 4) is 0 Å². The number of nitro groups is 1. The molecular formula is C23H29F3N4O6S2. The molecular weight excluding hydrogens is 549 g/mol. The summed E-state index contributed by atoms with van der Waals surface area (Å²) in [6.07, 6.45) is -4.85. The van der Waals surface area contributed by atoms with Crippen LogP contribution in [0.15, 0.2) is 40.6 Å². The van der Waals surface area contributed by atoms with Crippen molar-refractivity contribution < 1.29 is 36.4 Å². The van der Waals surface area contributed by atoms with Gasteiger partial charge >= 0.3 is 11.2 Å². The number of thiophene rings is 1. The van der Waals surface area contributed by atoms with Crippen molar-refractivity contribution in [2.24, 2.45) is 0 Å². The van der Waals surface area contributed by atoms with Crippen molar-refractivity contribution in [3.05, 3.63) is 52.1 Å². The number of aliphatic hydroxyl groups is 1. The number of nitrogens with zero attached hydrogens (tertiary/aromatic N) is 4. The zero-order chi connectivity index (χ0) is 27.9. The summed E-state index contributed by atoms with van der Waals surface area (Å²) in [5, 5.41) is 20.8. The molecule has 0 radical (unpaired) electrons. The number of piperazine rings is 1. The van der Waals surface area contributed by atoms with Gasteiger partial charge in [0.1, 0.15) is 4.21 Å². The number of anilines is 1. The second kappa shape index (κ2) is 10.7. The lowest BCUT2D eigenvalue weighted by Crippen LogP contribution is -2.60. The molecule has 38 heavy (non-hydrogen) atoms. The van der Waals surface area contributed by atoms with Crippen molar-refractivity contribution in [1.82, 2.24) is 9.21 Å². The van der Waals surface area contributed by atoms with E-state index in [1.54, 1.807) is 0 Å². The molecule has 1 aromatic carbocycles. The molecule has 0 amide bonds. The molecule has 1 aromatic heterocycles. The van der Waals surface area contributed by atoms with Crippen LogP contribution in [0.1, 0.15) is 19.4 Å². The molecule has 2 aliphatic rings. The first kappa shape index (κ1) is 28.7. The first-order valence-corrected chi connectivity index (χ1v) is 14.2. The van der Waals surface area contributed by atoms with Crippen LogP contribution in [-0.2, 0) is 20.4 Å². The largest absolute Gasteiger partial charge is 0.421 e. The van der Waals surface area contributed by atoms with Gasteiger partial charge in [-0.3, -0.25) is 15.0 Å². The van der Waals surface area contributed by atoms with Crippen molar-refractivity contribution >= 4 is 32.0 Å². The third-order valence-corrected chi connectivity index (χ3v) is 10.4. The van der Waals surface area contributed by atoms with Crippen molar-refractivity contribution in [1.29, 1.82) is 0 Å². The van der Waals surface area contributed by atoms with E-state index >= 15 is 0 Å². The number of halogens is 3. The van der Waals surface area contributed by atoms with Crippen LogP contribution in [0.3, 0.4) is 0 Å². The third-order valence-electron chi connectivity index (χ3n) is 7.05. The molecule has 2 aliphatic heterocycles. The van der Waals surface area contributed by atoms with Gasteiger partial charge in [0.25, 0.3) is 10.0 Å². The molecule has 1 N–H and O–H groups in total. The predicted molar refractivity (Wildman–Crippen MR) is 135 cm³/mol. The minimum absolute atomic E-state index is 0.0835. The van der Waals surface area contributed by atoms with E-state index in [0.29, 0.717) is 50.3 Å². The van der Waals surface area contributed by atoms with Crippen LogP contribution in [0.4, 0.5) is 23.9 Å². The number of ether oxygens (including phenoxy) is 1. The highest BCUT2D eigenvalue weighted by atomic mass is 32.2. The summed E-state index contributed by atoms with van der Waals surface area (Å²) in [5.41, 5.74) is -2.71. The Labute approximate surface area is 222 Å². The zero-order valence-corrected chi connectivity index (χ0v) is 22.4. The molecule has 15 heteroatoms. The maximum absolute atomic E-state index is 13.3. The fourth-order valence-corrected chi connectivity index (χ4v) is 7.39. The maximum atomic E-state index is 13.3. The van der Waals surface area contributed by atoms with E-state index in [0.717, 1.165) is 6.07 Å². The standard InChI is InChI=1S/C23H29F3N4O6S2/c1-16-15-36-12-11-27(16)13-19-14-28(38(34,35)21-8-7-20(37-21)30(32)33)9-10-29(19)18-5-3-17(4-6-18)22(2,31)23(24,25)26/h3-8,16,19,31H,9-15H2,1-2H3/t16-,19-,22?/m0/s1. The van der Waals surface area contributed by atoms with E-state index in [1.165, 1.54) is 34.6 Å². The van der Waals surface area contributed by atoms with E-state index < -0.39 is 26.7 Å². The van der Waals surface area contributed by atoms with Crippen molar-refractivity contribution in [2.75, 3.05) is 50.8 Å². The van der Waals surface area contributed by atoms with Gasteiger partial charge in [-0.15, -0.1) is 0 Å². The Morgan fingerprint density at radius 1 is 1.16 bits per heavy atom. The van der Waals surface area contributed by atoms with E-state index in [2.05, 4.69) is 4.90 Å². The van der Waals surface area contributed by atoms with Gasteiger partial charge in [-0.25, -0.2) is 8.42 Å². The van der Waals surface area contributed by atoms with Gasteiger partial charge in [-0.2, -0.15) is 17.5 Å². The Hall–Kier alpha value is -2.30. The van der Waals surface area contributed by atoms with Gasteiger partial charge in [0.15, 0.2) is 5.60 Å². The number of benzene rings is 1. The Bertz CT molecular complexity index is 1250. The molecule has 2 aromatic rings. The number of hydrogen-bond donors (Lipinski definition) is 1. The molecule has 3 heterocycles. The summed E-state index contributed by atoms with van der Waals surface area (Å²) in [6.45, 7) is 5.29. The number of sulfonamides is 1. The average Bonchev–Trinajstić information content (AvgIpc) is 3.37. The molecule has 2 saturated heterocycles. The molecule has 0 bridgehead atoms. The molecule has 0 aliphatic carbocycles. The summed E-state index contributed by atoms with van der Waals surface area (Å²) < 4.78 is 73.3. The number of hydrogen-bond acceptors (Lipinski definition) is 9. The van der Waals surface area contributed by atoms with Crippen LogP contribution in [0, 0.1) is 10.1 Å². The maximum Gasteiger partial charge on any atom is 0.421 e. The van der Waals surface area contributed by atoms with Gasteiger partial charge in [0.05, 0.1) is 24.2 Å². The van der Waals surface area contributed by atoms with E-state index in [-0.39, 0.29) is 46.5 Å². The zero-order valence-electron chi connectivity index (χ0n) is 20.8. The topological polar surface area (TPSA) is 116 Å². The van der Waals surface area contributed by atoms with Crippen LogP contribution in [-0.4, -0.2) is 91.9 Å². The smallest absolute Gasteiger partial charge is 0.379 e. The lowest BCUT2D eigenvalue weighted by atomic mass is 9.95. The van der Waals surface area contributed by atoms with E-state index in [4.69, 9.17) is 4.74 Å².